The van der Waals surface area contributed by atoms with Gasteiger partial charge < -0.3 is 15.4 Å². The van der Waals surface area contributed by atoms with Crippen molar-refractivity contribution in [3.63, 3.8) is 0 Å². The van der Waals surface area contributed by atoms with Crippen molar-refractivity contribution in [3.8, 4) is 5.75 Å². The Morgan fingerprint density at radius 2 is 1.88 bits per heavy atom. The Morgan fingerprint density at radius 3 is 2.62 bits per heavy atom. The third kappa shape index (κ3) is 4.57. The predicted molar refractivity (Wildman–Crippen MR) is 101 cm³/mol. The van der Waals surface area contributed by atoms with E-state index < -0.39 is 0 Å². The molecular formula is C20H20N4O2. The molecule has 1 amide bonds. The Balaban J connectivity index is 1.62. The van der Waals surface area contributed by atoms with E-state index >= 15 is 0 Å². The van der Waals surface area contributed by atoms with Gasteiger partial charge in [0.1, 0.15) is 11.4 Å². The standard InChI is InChI=1S/C20H20N4O2/c1-2-26-19-6-4-3-5-17(19)24-16-7-8-18(22-14-16)20(25)23-13-15-9-11-21-12-10-15/h3-12,14,24H,2,13H2,1H3,(H,23,25). The van der Waals surface area contributed by atoms with E-state index in [1.54, 1.807) is 24.7 Å². The summed E-state index contributed by atoms with van der Waals surface area (Å²) in [5.41, 5.74) is 2.98. The number of carbonyl (C=O) groups is 1. The fourth-order valence-electron chi connectivity index (χ4n) is 2.38. The molecule has 0 unspecified atom stereocenters. The number of carbonyl (C=O) groups excluding carboxylic acids is 1. The van der Waals surface area contributed by atoms with Gasteiger partial charge in [0.05, 0.1) is 24.2 Å². The molecule has 0 spiro atoms. The van der Waals surface area contributed by atoms with Gasteiger partial charge in [0.15, 0.2) is 0 Å². The number of amides is 1. The highest BCUT2D eigenvalue weighted by molar-refractivity contribution is 5.92. The van der Waals surface area contributed by atoms with E-state index in [0.717, 1.165) is 22.7 Å². The van der Waals surface area contributed by atoms with Crippen molar-refractivity contribution >= 4 is 17.3 Å². The number of nitrogens with one attached hydrogen (secondary N) is 2. The number of rotatable bonds is 7. The molecular weight excluding hydrogens is 328 g/mol. The molecule has 0 radical (unpaired) electrons. The first-order valence-corrected chi connectivity index (χ1v) is 8.38. The van der Waals surface area contributed by atoms with Gasteiger partial charge in [-0.3, -0.25) is 9.78 Å². The molecule has 0 saturated heterocycles. The Morgan fingerprint density at radius 1 is 1.08 bits per heavy atom. The van der Waals surface area contributed by atoms with Crippen molar-refractivity contribution in [2.75, 3.05) is 11.9 Å². The molecule has 26 heavy (non-hydrogen) atoms. The number of nitrogens with zero attached hydrogens (tertiary/aromatic N) is 2. The van der Waals surface area contributed by atoms with Crippen LogP contribution in [-0.4, -0.2) is 22.5 Å². The smallest absolute Gasteiger partial charge is 0.270 e. The molecule has 2 N–H and O–H groups in total. The minimum Gasteiger partial charge on any atom is -0.492 e. The average molecular weight is 348 g/mol. The molecule has 3 aromatic rings. The molecule has 0 aliphatic rings. The van der Waals surface area contributed by atoms with E-state index in [2.05, 4.69) is 20.6 Å². The summed E-state index contributed by atoms with van der Waals surface area (Å²) in [5, 5.41) is 6.10. The molecule has 0 saturated carbocycles. The van der Waals surface area contributed by atoms with Crippen LogP contribution in [-0.2, 0) is 6.54 Å². The number of hydrogen-bond acceptors (Lipinski definition) is 5. The van der Waals surface area contributed by atoms with Crippen molar-refractivity contribution in [2.24, 2.45) is 0 Å². The van der Waals surface area contributed by atoms with Gasteiger partial charge in [-0.2, -0.15) is 0 Å². The summed E-state index contributed by atoms with van der Waals surface area (Å²) in [6.07, 6.45) is 5.02. The number of anilines is 2. The lowest BCUT2D eigenvalue weighted by Gasteiger charge is -2.12. The minimum absolute atomic E-state index is 0.219. The molecule has 2 aromatic heterocycles. The van der Waals surface area contributed by atoms with Crippen LogP contribution in [0.15, 0.2) is 67.1 Å². The molecule has 0 bridgehead atoms. The summed E-state index contributed by atoms with van der Waals surface area (Å²) >= 11 is 0. The lowest BCUT2D eigenvalue weighted by atomic mass is 10.2. The summed E-state index contributed by atoms with van der Waals surface area (Å²) in [5.74, 6) is 0.553. The first-order valence-electron chi connectivity index (χ1n) is 8.38. The van der Waals surface area contributed by atoms with Gasteiger partial charge in [-0.25, -0.2) is 4.98 Å². The number of benzene rings is 1. The van der Waals surface area contributed by atoms with E-state index in [9.17, 15) is 4.79 Å². The lowest BCUT2D eigenvalue weighted by molar-refractivity contribution is 0.0946. The van der Waals surface area contributed by atoms with Crippen LogP contribution in [0.1, 0.15) is 23.0 Å². The molecule has 6 heteroatoms. The second-order valence-corrected chi connectivity index (χ2v) is 5.52. The Bertz CT molecular complexity index is 851. The normalized spacial score (nSPS) is 10.2. The predicted octanol–water partition coefficient (Wildman–Crippen LogP) is 3.55. The minimum atomic E-state index is -0.219. The zero-order valence-corrected chi connectivity index (χ0v) is 14.5. The molecule has 0 fully saturated rings. The van der Waals surface area contributed by atoms with Crippen LogP contribution in [0.25, 0.3) is 0 Å². The number of para-hydroxylation sites is 2. The summed E-state index contributed by atoms with van der Waals surface area (Å²) in [4.78, 5) is 20.4. The Labute approximate surface area is 152 Å². The third-order valence-corrected chi connectivity index (χ3v) is 3.66. The first-order chi connectivity index (χ1) is 12.8. The maximum absolute atomic E-state index is 12.2. The highest BCUT2D eigenvalue weighted by Gasteiger charge is 2.08. The van der Waals surface area contributed by atoms with Gasteiger partial charge in [0.2, 0.25) is 0 Å². The number of hydrogen-bond donors (Lipinski definition) is 2. The second kappa shape index (κ2) is 8.62. The van der Waals surface area contributed by atoms with Crippen molar-refractivity contribution in [1.82, 2.24) is 15.3 Å². The zero-order valence-electron chi connectivity index (χ0n) is 14.5. The molecule has 2 heterocycles. The van der Waals surface area contributed by atoms with Crippen LogP contribution in [0.3, 0.4) is 0 Å². The summed E-state index contributed by atoms with van der Waals surface area (Å²) < 4.78 is 5.59. The largest absolute Gasteiger partial charge is 0.492 e. The van der Waals surface area contributed by atoms with E-state index in [1.807, 2.05) is 49.4 Å². The monoisotopic (exact) mass is 348 g/mol. The van der Waals surface area contributed by atoms with Gasteiger partial charge in [-0.1, -0.05) is 12.1 Å². The van der Waals surface area contributed by atoms with Crippen LogP contribution < -0.4 is 15.4 Å². The highest BCUT2D eigenvalue weighted by Crippen LogP contribution is 2.27. The average Bonchev–Trinajstić information content (AvgIpc) is 2.69. The molecule has 1 aromatic carbocycles. The van der Waals surface area contributed by atoms with Crippen LogP contribution >= 0.6 is 0 Å². The van der Waals surface area contributed by atoms with Crippen LogP contribution in [0.5, 0.6) is 5.75 Å². The maximum Gasteiger partial charge on any atom is 0.270 e. The molecule has 132 valence electrons. The molecule has 0 aliphatic carbocycles. The van der Waals surface area contributed by atoms with Gasteiger partial charge in [-0.05, 0) is 48.9 Å². The van der Waals surface area contributed by atoms with Crippen LogP contribution in [0.4, 0.5) is 11.4 Å². The van der Waals surface area contributed by atoms with Crippen molar-refractivity contribution < 1.29 is 9.53 Å². The van der Waals surface area contributed by atoms with Gasteiger partial charge in [-0.15, -0.1) is 0 Å². The SMILES string of the molecule is CCOc1ccccc1Nc1ccc(C(=O)NCc2ccncc2)nc1. The zero-order chi connectivity index (χ0) is 18.2. The number of pyridine rings is 2. The first kappa shape index (κ1) is 17.4. The fourth-order valence-corrected chi connectivity index (χ4v) is 2.38. The molecule has 0 aliphatic heterocycles. The van der Waals surface area contributed by atoms with Crippen molar-refractivity contribution in [1.29, 1.82) is 0 Å². The van der Waals surface area contributed by atoms with Crippen molar-refractivity contribution in [3.05, 3.63) is 78.4 Å². The quantitative estimate of drug-likeness (QED) is 0.683. The molecule has 3 rings (SSSR count). The highest BCUT2D eigenvalue weighted by atomic mass is 16.5. The van der Waals surface area contributed by atoms with E-state index in [1.165, 1.54) is 0 Å². The number of ether oxygens (including phenoxy) is 1. The van der Waals surface area contributed by atoms with E-state index in [-0.39, 0.29) is 5.91 Å². The lowest BCUT2D eigenvalue weighted by Crippen LogP contribution is -2.23. The Kier molecular flexibility index (Phi) is 5.77. The second-order valence-electron chi connectivity index (χ2n) is 5.52. The van der Waals surface area contributed by atoms with Gasteiger partial charge in [0.25, 0.3) is 5.91 Å². The van der Waals surface area contributed by atoms with E-state index in [4.69, 9.17) is 4.74 Å². The Hall–Kier alpha value is -3.41. The summed E-state index contributed by atoms with van der Waals surface area (Å²) in [6.45, 7) is 2.97. The van der Waals surface area contributed by atoms with Crippen LogP contribution in [0.2, 0.25) is 0 Å². The fraction of sp³-hybridized carbons (Fsp3) is 0.150. The molecule has 0 atom stereocenters. The third-order valence-electron chi connectivity index (χ3n) is 3.66. The van der Waals surface area contributed by atoms with Crippen LogP contribution in [0, 0.1) is 0 Å². The van der Waals surface area contributed by atoms with Gasteiger partial charge >= 0.3 is 0 Å². The number of aromatic nitrogens is 2. The topological polar surface area (TPSA) is 76.1 Å². The van der Waals surface area contributed by atoms with Crippen molar-refractivity contribution in [2.45, 2.75) is 13.5 Å². The molecule has 6 nitrogen and oxygen atoms in total. The summed E-state index contributed by atoms with van der Waals surface area (Å²) in [6, 6.07) is 14.9. The van der Waals surface area contributed by atoms with E-state index in [0.29, 0.717) is 18.8 Å². The van der Waals surface area contributed by atoms with Gasteiger partial charge in [0, 0.05) is 18.9 Å². The maximum atomic E-state index is 12.2. The summed E-state index contributed by atoms with van der Waals surface area (Å²) in [7, 11) is 0.